The number of methoxy groups -OCH3 is 1. The van der Waals surface area contributed by atoms with E-state index in [2.05, 4.69) is 27.8 Å². The van der Waals surface area contributed by atoms with E-state index >= 15 is 0 Å². The first-order valence-electron chi connectivity index (χ1n) is 8.11. The Morgan fingerprint density at radius 1 is 1.25 bits per heavy atom. The van der Waals surface area contributed by atoms with Crippen molar-refractivity contribution in [2.75, 3.05) is 27.7 Å². The predicted molar refractivity (Wildman–Crippen MR) is 96.1 cm³/mol. The lowest BCUT2D eigenvalue weighted by Crippen LogP contribution is -2.46. The van der Waals surface area contributed by atoms with Crippen molar-refractivity contribution in [2.45, 2.75) is 25.4 Å². The van der Waals surface area contributed by atoms with Gasteiger partial charge in [0.25, 0.3) is 0 Å². The molecule has 1 aromatic rings. The number of hydrogen-bond acceptors (Lipinski definition) is 3. The molecule has 6 heteroatoms. The fourth-order valence-corrected chi connectivity index (χ4v) is 2.30. The molecule has 0 spiro atoms. The average molecular weight is 330 g/mol. The molecule has 2 rings (SSSR count). The van der Waals surface area contributed by atoms with Crippen LogP contribution >= 0.6 is 0 Å². The summed E-state index contributed by atoms with van der Waals surface area (Å²) in [6.07, 6.45) is 6.27. The van der Waals surface area contributed by atoms with E-state index in [9.17, 15) is 4.79 Å². The molecule has 0 saturated heterocycles. The molecule has 6 nitrogen and oxygen atoms in total. The molecular weight excluding hydrogens is 304 g/mol. The molecule has 1 aliphatic rings. The molecule has 0 radical (unpaired) electrons. The highest BCUT2D eigenvalue weighted by atomic mass is 16.5. The summed E-state index contributed by atoms with van der Waals surface area (Å²) < 4.78 is 5.16. The van der Waals surface area contributed by atoms with Crippen molar-refractivity contribution < 1.29 is 9.53 Å². The zero-order chi connectivity index (χ0) is 17.4. The minimum absolute atomic E-state index is 0.0125. The summed E-state index contributed by atoms with van der Waals surface area (Å²) in [6.45, 7) is 0.761. The molecule has 0 unspecified atom stereocenters. The Labute approximate surface area is 143 Å². The Morgan fingerprint density at radius 3 is 2.50 bits per heavy atom. The lowest BCUT2D eigenvalue weighted by molar-refractivity contribution is -0.127. The Morgan fingerprint density at radius 2 is 1.92 bits per heavy atom. The van der Waals surface area contributed by atoms with Gasteiger partial charge in [0.1, 0.15) is 5.75 Å². The quantitative estimate of drug-likeness (QED) is 0.472. The number of amides is 1. The van der Waals surface area contributed by atoms with Gasteiger partial charge in [0.15, 0.2) is 5.96 Å². The first kappa shape index (κ1) is 17.8. The van der Waals surface area contributed by atoms with Crippen LogP contribution in [0.1, 0.15) is 18.4 Å². The first-order chi connectivity index (χ1) is 11.6. The van der Waals surface area contributed by atoms with Gasteiger partial charge in [-0.1, -0.05) is 24.3 Å². The van der Waals surface area contributed by atoms with Gasteiger partial charge in [-0.3, -0.25) is 4.79 Å². The van der Waals surface area contributed by atoms with E-state index in [1.165, 1.54) is 0 Å². The highest BCUT2D eigenvalue weighted by Gasteiger charge is 2.13. The van der Waals surface area contributed by atoms with Crippen LogP contribution in [0.5, 0.6) is 5.75 Å². The molecule has 0 aliphatic heterocycles. The van der Waals surface area contributed by atoms with Crippen LogP contribution in [-0.4, -0.2) is 50.6 Å². The summed E-state index contributed by atoms with van der Waals surface area (Å²) in [5.41, 5.74) is 1.08. The van der Waals surface area contributed by atoms with Crippen LogP contribution in [0.25, 0.3) is 0 Å². The van der Waals surface area contributed by atoms with Gasteiger partial charge in [-0.05, 0) is 30.5 Å². The van der Waals surface area contributed by atoms with Crippen LogP contribution in [-0.2, 0) is 11.3 Å². The van der Waals surface area contributed by atoms with Crippen molar-refractivity contribution in [1.29, 1.82) is 0 Å². The third kappa shape index (κ3) is 5.61. The summed E-state index contributed by atoms with van der Waals surface area (Å²) in [5.74, 6) is 1.50. The van der Waals surface area contributed by atoms with Crippen molar-refractivity contribution >= 4 is 11.9 Å². The number of benzene rings is 1. The van der Waals surface area contributed by atoms with Crippen LogP contribution in [0.2, 0.25) is 0 Å². The summed E-state index contributed by atoms with van der Waals surface area (Å²) in [6, 6.07) is 8.15. The van der Waals surface area contributed by atoms with Gasteiger partial charge in [0, 0.05) is 20.1 Å². The van der Waals surface area contributed by atoms with E-state index in [1.807, 2.05) is 24.3 Å². The van der Waals surface area contributed by atoms with Gasteiger partial charge in [-0.25, -0.2) is 4.99 Å². The van der Waals surface area contributed by atoms with Crippen molar-refractivity contribution in [3.05, 3.63) is 42.0 Å². The third-order valence-electron chi connectivity index (χ3n) is 3.83. The van der Waals surface area contributed by atoms with E-state index in [1.54, 1.807) is 26.1 Å². The Hall–Kier alpha value is -2.50. The molecule has 1 aliphatic carbocycles. The largest absolute Gasteiger partial charge is 0.497 e. The number of carbonyl (C=O) groups excluding carboxylic acids is 1. The minimum Gasteiger partial charge on any atom is -0.497 e. The highest BCUT2D eigenvalue weighted by Crippen LogP contribution is 2.12. The molecule has 0 aromatic heterocycles. The first-order valence-corrected chi connectivity index (χ1v) is 8.11. The number of carbonyl (C=O) groups is 1. The maximum Gasteiger partial charge on any atom is 0.241 e. The van der Waals surface area contributed by atoms with Gasteiger partial charge < -0.3 is 20.3 Å². The molecule has 0 atom stereocenters. The molecular formula is C18H26N4O2. The molecule has 24 heavy (non-hydrogen) atoms. The SMILES string of the molecule is COc1ccc(CN=C(NCC(=O)N(C)C)NC2CC=CC2)cc1. The lowest BCUT2D eigenvalue weighted by atomic mass is 10.2. The monoisotopic (exact) mass is 330 g/mol. The second kappa shape index (κ2) is 8.96. The zero-order valence-electron chi connectivity index (χ0n) is 14.6. The summed E-state index contributed by atoms with van der Waals surface area (Å²) in [4.78, 5) is 17.9. The van der Waals surface area contributed by atoms with Gasteiger partial charge in [0.05, 0.1) is 20.2 Å². The fraction of sp³-hybridized carbons (Fsp3) is 0.444. The van der Waals surface area contributed by atoms with Crippen molar-refractivity contribution in [3.63, 3.8) is 0 Å². The normalized spacial score (nSPS) is 14.5. The molecule has 0 fully saturated rings. The van der Waals surface area contributed by atoms with E-state index in [0.717, 1.165) is 24.2 Å². The molecule has 0 bridgehead atoms. The van der Waals surface area contributed by atoms with Crippen LogP contribution < -0.4 is 15.4 Å². The number of nitrogens with one attached hydrogen (secondary N) is 2. The second-order valence-electron chi connectivity index (χ2n) is 5.94. The highest BCUT2D eigenvalue weighted by molar-refractivity contribution is 5.86. The predicted octanol–water partition coefficient (Wildman–Crippen LogP) is 1.54. The summed E-state index contributed by atoms with van der Waals surface area (Å²) in [7, 11) is 5.13. The van der Waals surface area contributed by atoms with Crippen LogP contribution in [0.15, 0.2) is 41.4 Å². The average Bonchev–Trinajstić information content (AvgIpc) is 3.10. The summed E-state index contributed by atoms with van der Waals surface area (Å²) in [5, 5.41) is 6.50. The smallest absolute Gasteiger partial charge is 0.241 e. The zero-order valence-corrected chi connectivity index (χ0v) is 14.6. The lowest BCUT2D eigenvalue weighted by Gasteiger charge is -2.18. The van der Waals surface area contributed by atoms with Crippen LogP contribution in [0.4, 0.5) is 0 Å². The van der Waals surface area contributed by atoms with E-state index in [0.29, 0.717) is 18.5 Å². The number of hydrogen-bond donors (Lipinski definition) is 2. The molecule has 130 valence electrons. The van der Waals surface area contributed by atoms with Gasteiger partial charge in [-0.2, -0.15) is 0 Å². The minimum atomic E-state index is 0.0125. The Balaban J connectivity index is 1.97. The number of guanidine groups is 1. The molecule has 2 N–H and O–H groups in total. The Bertz CT molecular complexity index is 586. The molecule has 1 amide bonds. The van der Waals surface area contributed by atoms with Crippen LogP contribution in [0.3, 0.4) is 0 Å². The van der Waals surface area contributed by atoms with Gasteiger partial charge >= 0.3 is 0 Å². The third-order valence-corrected chi connectivity index (χ3v) is 3.83. The van der Waals surface area contributed by atoms with Gasteiger partial charge in [-0.15, -0.1) is 0 Å². The Kier molecular flexibility index (Phi) is 6.66. The van der Waals surface area contributed by atoms with Gasteiger partial charge in [0.2, 0.25) is 5.91 Å². The molecule has 0 heterocycles. The van der Waals surface area contributed by atoms with E-state index in [-0.39, 0.29) is 12.5 Å². The van der Waals surface area contributed by atoms with Crippen LogP contribution in [0, 0.1) is 0 Å². The van der Waals surface area contributed by atoms with Crippen molar-refractivity contribution in [1.82, 2.24) is 15.5 Å². The van der Waals surface area contributed by atoms with E-state index < -0.39 is 0 Å². The topological polar surface area (TPSA) is 66.0 Å². The number of rotatable bonds is 6. The van der Waals surface area contributed by atoms with Crippen molar-refractivity contribution in [3.8, 4) is 5.75 Å². The number of ether oxygens (including phenoxy) is 1. The molecule has 0 saturated carbocycles. The number of nitrogens with zero attached hydrogens (tertiary/aromatic N) is 2. The standard InChI is InChI=1S/C18H26N4O2/c1-22(2)17(23)13-20-18(21-15-6-4-5-7-15)19-12-14-8-10-16(24-3)11-9-14/h4-5,8-11,15H,6-7,12-13H2,1-3H3,(H2,19,20,21). The second-order valence-corrected chi connectivity index (χ2v) is 5.94. The molecule has 1 aromatic carbocycles. The maximum absolute atomic E-state index is 11.8. The van der Waals surface area contributed by atoms with E-state index in [4.69, 9.17) is 4.74 Å². The fourth-order valence-electron chi connectivity index (χ4n) is 2.30. The maximum atomic E-state index is 11.8. The number of aliphatic imine (C=N–C) groups is 1. The van der Waals surface area contributed by atoms with Crippen molar-refractivity contribution in [2.24, 2.45) is 4.99 Å². The number of likely N-dealkylation sites (N-methyl/N-ethyl adjacent to an activating group) is 1. The summed E-state index contributed by atoms with van der Waals surface area (Å²) >= 11 is 0.